The molecule has 1 atom stereocenters. The van der Waals surface area contributed by atoms with Gasteiger partial charge in [0, 0.05) is 37.4 Å². The van der Waals surface area contributed by atoms with Crippen molar-refractivity contribution in [3.8, 4) is 0 Å². The summed E-state index contributed by atoms with van der Waals surface area (Å²) in [5.74, 6) is 0. The van der Waals surface area contributed by atoms with Crippen LogP contribution >= 0.6 is 0 Å². The first kappa shape index (κ1) is 15.0. The first-order valence-electron chi connectivity index (χ1n) is 8.34. The molecule has 21 heavy (non-hydrogen) atoms. The molecule has 1 saturated heterocycles. The molecule has 0 amide bonds. The molecule has 2 aliphatic rings. The number of ether oxygens (including phenoxy) is 1. The molecule has 0 radical (unpaired) electrons. The molecule has 0 bridgehead atoms. The Morgan fingerprint density at radius 3 is 2.67 bits per heavy atom. The number of hydrogen-bond acceptors (Lipinski definition) is 4. The summed E-state index contributed by atoms with van der Waals surface area (Å²) in [6.07, 6.45) is 10.1. The molecule has 1 aromatic rings. The van der Waals surface area contributed by atoms with Crippen LogP contribution < -0.4 is 5.73 Å². The smallest absolute Gasteiger partial charge is 0.0594 e. The third-order valence-electron chi connectivity index (χ3n) is 5.27. The molecular formula is C16H28N4O. The van der Waals surface area contributed by atoms with Crippen molar-refractivity contribution in [2.24, 2.45) is 5.73 Å². The maximum absolute atomic E-state index is 6.71. The zero-order valence-electron chi connectivity index (χ0n) is 13.1. The van der Waals surface area contributed by atoms with Crippen molar-refractivity contribution >= 4 is 0 Å². The molecule has 1 aliphatic carbocycles. The van der Waals surface area contributed by atoms with Crippen LogP contribution in [-0.4, -0.2) is 52.6 Å². The Morgan fingerprint density at radius 2 is 2.05 bits per heavy atom. The lowest BCUT2D eigenvalue weighted by atomic mass is 9.83. The van der Waals surface area contributed by atoms with Crippen molar-refractivity contribution in [2.45, 2.75) is 57.2 Å². The molecule has 1 saturated carbocycles. The second-order valence-electron chi connectivity index (χ2n) is 6.42. The number of hydrogen-bond donors (Lipinski definition) is 1. The topological polar surface area (TPSA) is 56.3 Å². The van der Waals surface area contributed by atoms with E-state index in [1.165, 1.54) is 31.2 Å². The third-order valence-corrected chi connectivity index (χ3v) is 5.27. The average Bonchev–Trinajstić information content (AvgIpc) is 3.18. The maximum Gasteiger partial charge on any atom is 0.0594 e. The van der Waals surface area contributed by atoms with E-state index in [-0.39, 0.29) is 11.6 Å². The van der Waals surface area contributed by atoms with Crippen LogP contribution in [0.15, 0.2) is 12.4 Å². The minimum absolute atomic E-state index is 0.179. The Labute approximate surface area is 127 Å². The number of nitrogens with two attached hydrogens (primary N) is 1. The third kappa shape index (κ3) is 3.00. The lowest BCUT2D eigenvalue weighted by Crippen LogP contribution is -2.61. The van der Waals surface area contributed by atoms with Crippen LogP contribution in [0.1, 0.15) is 38.2 Å². The molecule has 5 nitrogen and oxygen atoms in total. The molecule has 118 valence electrons. The van der Waals surface area contributed by atoms with Gasteiger partial charge >= 0.3 is 0 Å². The van der Waals surface area contributed by atoms with Crippen molar-refractivity contribution in [1.82, 2.24) is 14.7 Å². The predicted molar refractivity (Wildman–Crippen MR) is 83.2 cm³/mol. The number of morpholine rings is 1. The predicted octanol–water partition coefficient (Wildman–Crippen LogP) is 1.42. The molecule has 0 spiro atoms. The molecule has 1 aromatic heterocycles. The fourth-order valence-electron chi connectivity index (χ4n) is 4.05. The summed E-state index contributed by atoms with van der Waals surface area (Å²) in [5.41, 5.74) is 8.15. The molecule has 2 N–H and O–H groups in total. The largest absolute Gasteiger partial charge is 0.379 e. The highest BCUT2D eigenvalue weighted by molar-refractivity contribution is 5.12. The van der Waals surface area contributed by atoms with Gasteiger partial charge in [-0.15, -0.1) is 0 Å². The molecule has 1 unspecified atom stereocenters. The Balaban J connectivity index is 1.73. The summed E-state index contributed by atoms with van der Waals surface area (Å²) in [7, 11) is 0. The van der Waals surface area contributed by atoms with Gasteiger partial charge < -0.3 is 10.5 Å². The zero-order chi connectivity index (χ0) is 14.7. The van der Waals surface area contributed by atoms with E-state index in [0.717, 1.165) is 39.3 Å². The molecule has 0 aromatic carbocycles. The molecule has 5 heteroatoms. The monoisotopic (exact) mass is 292 g/mol. The van der Waals surface area contributed by atoms with Gasteiger partial charge in [-0.25, -0.2) is 0 Å². The summed E-state index contributed by atoms with van der Waals surface area (Å²) in [4.78, 5) is 2.61. The van der Waals surface area contributed by atoms with Gasteiger partial charge in [0.05, 0.1) is 19.4 Å². The van der Waals surface area contributed by atoms with E-state index >= 15 is 0 Å². The minimum atomic E-state index is 0.179. The summed E-state index contributed by atoms with van der Waals surface area (Å²) in [6, 6.07) is 0.188. The number of aromatic nitrogens is 2. The van der Waals surface area contributed by atoms with E-state index in [1.807, 2.05) is 10.9 Å². The van der Waals surface area contributed by atoms with E-state index in [2.05, 4.69) is 23.1 Å². The van der Waals surface area contributed by atoms with Crippen LogP contribution in [0, 0.1) is 0 Å². The first-order valence-corrected chi connectivity index (χ1v) is 8.34. The van der Waals surface area contributed by atoms with Crippen molar-refractivity contribution in [2.75, 3.05) is 26.3 Å². The second-order valence-corrected chi connectivity index (χ2v) is 6.42. The van der Waals surface area contributed by atoms with Gasteiger partial charge in [-0.3, -0.25) is 9.58 Å². The van der Waals surface area contributed by atoms with Gasteiger partial charge in [0.15, 0.2) is 0 Å². The lowest BCUT2D eigenvalue weighted by Gasteiger charge is -2.47. The molecule has 1 aliphatic heterocycles. The van der Waals surface area contributed by atoms with Crippen LogP contribution in [-0.2, 0) is 17.7 Å². The van der Waals surface area contributed by atoms with Crippen LogP contribution in [0.3, 0.4) is 0 Å². The Bertz CT molecular complexity index is 447. The number of nitrogens with zero attached hydrogens (tertiary/aromatic N) is 3. The van der Waals surface area contributed by atoms with Crippen molar-refractivity contribution < 1.29 is 4.74 Å². The van der Waals surface area contributed by atoms with E-state index in [4.69, 9.17) is 10.5 Å². The summed E-state index contributed by atoms with van der Waals surface area (Å²) < 4.78 is 7.51. The number of aryl methyl sites for hydroxylation is 1. The maximum atomic E-state index is 6.71. The Hall–Kier alpha value is -0.910. The first-order chi connectivity index (χ1) is 10.2. The SMILES string of the molecule is CCn1cc(CC(N)C2(N3CCOCC3)CCCC2)cn1. The van der Waals surface area contributed by atoms with Gasteiger partial charge in [-0.2, -0.15) is 5.10 Å². The van der Waals surface area contributed by atoms with Crippen LogP contribution in [0.4, 0.5) is 0 Å². The van der Waals surface area contributed by atoms with Crippen molar-refractivity contribution in [3.05, 3.63) is 18.0 Å². The fourth-order valence-corrected chi connectivity index (χ4v) is 4.05. The standard InChI is InChI=1S/C16H28N4O/c1-2-20-13-14(12-18-20)11-15(17)16(5-3-4-6-16)19-7-9-21-10-8-19/h12-13,15H,2-11,17H2,1H3. The summed E-state index contributed by atoms with van der Waals surface area (Å²) in [5, 5.41) is 4.38. The van der Waals surface area contributed by atoms with Gasteiger partial charge in [0.2, 0.25) is 0 Å². The van der Waals surface area contributed by atoms with E-state index in [9.17, 15) is 0 Å². The highest BCUT2D eigenvalue weighted by atomic mass is 16.5. The molecule has 2 fully saturated rings. The highest BCUT2D eigenvalue weighted by Crippen LogP contribution is 2.38. The quantitative estimate of drug-likeness (QED) is 0.892. The van der Waals surface area contributed by atoms with Gasteiger partial charge in [0.1, 0.15) is 0 Å². The van der Waals surface area contributed by atoms with Crippen molar-refractivity contribution in [3.63, 3.8) is 0 Å². The highest BCUT2D eigenvalue weighted by Gasteiger charge is 2.44. The summed E-state index contributed by atoms with van der Waals surface area (Å²) in [6.45, 7) is 6.79. The Kier molecular flexibility index (Phi) is 4.62. The van der Waals surface area contributed by atoms with Crippen molar-refractivity contribution in [1.29, 1.82) is 0 Å². The summed E-state index contributed by atoms with van der Waals surface area (Å²) >= 11 is 0. The van der Waals surface area contributed by atoms with E-state index in [0.29, 0.717) is 0 Å². The van der Waals surface area contributed by atoms with Gasteiger partial charge in [0.25, 0.3) is 0 Å². The lowest BCUT2D eigenvalue weighted by molar-refractivity contribution is -0.0305. The van der Waals surface area contributed by atoms with E-state index < -0.39 is 0 Å². The normalized spacial score (nSPS) is 24.3. The fraction of sp³-hybridized carbons (Fsp3) is 0.812. The average molecular weight is 292 g/mol. The van der Waals surface area contributed by atoms with Crippen LogP contribution in [0.25, 0.3) is 0 Å². The minimum Gasteiger partial charge on any atom is -0.379 e. The molecular weight excluding hydrogens is 264 g/mol. The van der Waals surface area contributed by atoms with Gasteiger partial charge in [-0.1, -0.05) is 12.8 Å². The van der Waals surface area contributed by atoms with E-state index in [1.54, 1.807) is 0 Å². The second kappa shape index (κ2) is 6.46. The van der Waals surface area contributed by atoms with Crippen LogP contribution in [0.2, 0.25) is 0 Å². The van der Waals surface area contributed by atoms with Crippen LogP contribution in [0.5, 0.6) is 0 Å². The van der Waals surface area contributed by atoms with Gasteiger partial charge in [-0.05, 0) is 31.7 Å². The Morgan fingerprint density at radius 1 is 1.33 bits per heavy atom. The molecule has 3 rings (SSSR count). The zero-order valence-corrected chi connectivity index (χ0v) is 13.1. The number of rotatable bonds is 5. The molecule has 2 heterocycles.